The second-order valence-electron chi connectivity index (χ2n) is 5.33. The molecule has 106 valence electrons. The fourth-order valence-corrected chi connectivity index (χ4v) is 3.79. The molecular formula is C16H17ClFNS. The second-order valence-corrected chi connectivity index (χ2v) is 7.13. The van der Waals surface area contributed by atoms with E-state index in [0.29, 0.717) is 12.0 Å². The largest absolute Gasteiger partial charge is 0.314 e. The first kappa shape index (κ1) is 14.1. The molecule has 2 aromatic rings. The first-order valence-electron chi connectivity index (χ1n) is 6.94. The maximum atomic E-state index is 13.2. The standard InChI is InChI=1S/C16H17ClFNS/c17-16-5-4-15(20-16)6-7-19-14-9-12(10-14)11-2-1-3-13(18)8-11/h1-5,8,12,14,19H,6-7,9-10H2. The molecule has 1 aliphatic rings. The van der Waals surface area contributed by atoms with E-state index >= 15 is 0 Å². The lowest BCUT2D eigenvalue weighted by Gasteiger charge is -2.36. The summed E-state index contributed by atoms with van der Waals surface area (Å²) in [5.41, 5.74) is 1.13. The Labute approximate surface area is 127 Å². The van der Waals surface area contributed by atoms with Gasteiger partial charge in [-0.05, 0) is 55.0 Å². The highest BCUT2D eigenvalue weighted by molar-refractivity contribution is 7.16. The number of nitrogens with one attached hydrogen (secondary N) is 1. The zero-order valence-corrected chi connectivity index (χ0v) is 12.7. The van der Waals surface area contributed by atoms with Gasteiger partial charge >= 0.3 is 0 Å². The Morgan fingerprint density at radius 2 is 2.10 bits per heavy atom. The fourth-order valence-electron chi connectivity index (χ4n) is 2.70. The summed E-state index contributed by atoms with van der Waals surface area (Å²) in [4.78, 5) is 1.32. The van der Waals surface area contributed by atoms with Gasteiger partial charge in [0.2, 0.25) is 0 Å². The summed E-state index contributed by atoms with van der Waals surface area (Å²) >= 11 is 7.56. The van der Waals surface area contributed by atoms with E-state index in [1.54, 1.807) is 23.5 Å². The van der Waals surface area contributed by atoms with E-state index in [9.17, 15) is 4.39 Å². The minimum absolute atomic E-state index is 0.131. The first-order chi connectivity index (χ1) is 9.70. The van der Waals surface area contributed by atoms with Gasteiger partial charge in [0, 0.05) is 17.5 Å². The average molecular weight is 310 g/mol. The summed E-state index contributed by atoms with van der Waals surface area (Å²) < 4.78 is 14.0. The van der Waals surface area contributed by atoms with E-state index in [0.717, 1.165) is 35.7 Å². The number of rotatable bonds is 5. The number of benzene rings is 1. The zero-order chi connectivity index (χ0) is 13.9. The van der Waals surface area contributed by atoms with Gasteiger partial charge in [-0.2, -0.15) is 0 Å². The Balaban J connectivity index is 1.40. The SMILES string of the molecule is Fc1cccc(C2CC(NCCc3ccc(Cl)s3)C2)c1. The molecule has 1 heterocycles. The van der Waals surface area contributed by atoms with Crippen LogP contribution in [0.15, 0.2) is 36.4 Å². The molecule has 0 atom stereocenters. The lowest BCUT2D eigenvalue weighted by molar-refractivity contribution is 0.292. The lowest BCUT2D eigenvalue weighted by atomic mass is 9.76. The van der Waals surface area contributed by atoms with Crippen molar-refractivity contribution in [3.8, 4) is 0 Å². The van der Waals surface area contributed by atoms with Gasteiger partial charge in [-0.25, -0.2) is 4.39 Å². The minimum Gasteiger partial charge on any atom is -0.314 e. The zero-order valence-electron chi connectivity index (χ0n) is 11.1. The maximum Gasteiger partial charge on any atom is 0.123 e. The molecule has 20 heavy (non-hydrogen) atoms. The van der Waals surface area contributed by atoms with Crippen LogP contribution in [0.5, 0.6) is 0 Å². The molecule has 3 rings (SSSR count). The molecule has 1 aromatic heterocycles. The molecule has 1 fully saturated rings. The van der Waals surface area contributed by atoms with Crippen molar-refractivity contribution in [2.75, 3.05) is 6.54 Å². The molecule has 1 N–H and O–H groups in total. The van der Waals surface area contributed by atoms with Crippen LogP contribution in [-0.2, 0) is 6.42 Å². The molecule has 0 amide bonds. The van der Waals surface area contributed by atoms with Crippen molar-refractivity contribution in [3.63, 3.8) is 0 Å². The lowest BCUT2D eigenvalue weighted by Crippen LogP contribution is -2.40. The average Bonchev–Trinajstić information content (AvgIpc) is 2.78. The summed E-state index contributed by atoms with van der Waals surface area (Å²) in [5, 5.41) is 3.56. The monoisotopic (exact) mass is 309 g/mol. The van der Waals surface area contributed by atoms with Crippen LogP contribution in [0.3, 0.4) is 0 Å². The molecule has 0 bridgehead atoms. The summed E-state index contributed by atoms with van der Waals surface area (Å²) in [7, 11) is 0. The van der Waals surface area contributed by atoms with E-state index < -0.39 is 0 Å². The topological polar surface area (TPSA) is 12.0 Å². The van der Waals surface area contributed by atoms with Crippen molar-refractivity contribution in [1.82, 2.24) is 5.32 Å². The third-order valence-corrected chi connectivity index (χ3v) is 5.18. The predicted molar refractivity (Wildman–Crippen MR) is 83.2 cm³/mol. The third-order valence-electron chi connectivity index (χ3n) is 3.89. The molecule has 0 spiro atoms. The van der Waals surface area contributed by atoms with E-state index in [1.165, 1.54) is 10.9 Å². The molecule has 1 nitrogen and oxygen atoms in total. The van der Waals surface area contributed by atoms with Crippen LogP contribution in [0.25, 0.3) is 0 Å². The predicted octanol–water partition coefficient (Wildman–Crippen LogP) is 4.62. The van der Waals surface area contributed by atoms with E-state index in [2.05, 4.69) is 11.4 Å². The van der Waals surface area contributed by atoms with Gasteiger partial charge in [0.05, 0.1) is 4.34 Å². The number of halogens is 2. The van der Waals surface area contributed by atoms with E-state index in [4.69, 9.17) is 11.6 Å². The van der Waals surface area contributed by atoms with Gasteiger partial charge in [-0.15, -0.1) is 11.3 Å². The molecule has 0 radical (unpaired) electrons. The highest BCUT2D eigenvalue weighted by atomic mass is 35.5. The number of hydrogen-bond acceptors (Lipinski definition) is 2. The van der Waals surface area contributed by atoms with Crippen LogP contribution in [-0.4, -0.2) is 12.6 Å². The molecule has 1 aliphatic carbocycles. The van der Waals surface area contributed by atoms with Crippen molar-refractivity contribution in [1.29, 1.82) is 0 Å². The Bertz CT molecular complexity index is 577. The molecule has 0 saturated heterocycles. The van der Waals surface area contributed by atoms with Gasteiger partial charge in [-0.1, -0.05) is 23.7 Å². The summed E-state index contributed by atoms with van der Waals surface area (Å²) in [6, 6.07) is 11.6. The number of thiophene rings is 1. The van der Waals surface area contributed by atoms with Crippen LogP contribution in [0.4, 0.5) is 4.39 Å². The molecule has 0 aliphatic heterocycles. The first-order valence-corrected chi connectivity index (χ1v) is 8.13. The van der Waals surface area contributed by atoms with Crippen molar-refractivity contribution in [3.05, 3.63) is 57.0 Å². The van der Waals surface area contributed by atoms with Crippen LogP contribution < -0.4 is 5.32 Å². The van der Waals surface area contributed by atoms with Crippen LogP contribution >= 0.6 is 22.9 Å². The molecule has 1 saturated carbocycles. The van der Waals surface area contributed by atoms with Gasteiger partial charge in [0.15, 0.2) is 0 Å². The molecule has 4 heteroatoms. The van der Waals surface area contributed by atoms with Gasteiger partial charge in [0.1, 0.15) is 5.82 Å². The van der Waals surface area contributed by atoms with E-state index in [-0.39, 0.29) is 5.82 Å². The minimum atomic E-state index is -0.131. The Morgan fingerprint density at radius 1 is 1.25 bits per heavy atom. The quantitative estimate of drug-likeness (QED) is 0.850. The number of hydrogen-bond donors (Lipinski definition) is 1. The van der Waals surface area contributed by atoms with E-state index in [1.807, 2.05) is 12.1 Å². The van der Waals surface area contributed by atoms with Gasteiger partial charge < -0.3 is 5.32 Å². The highest BCUT2D eigenvalue weighted by Gasteiger charge is 2.29. The normalized spacial score (nSPS) is 21.7. The van der Waals surface area contributed by atoms with Crippen LogP contribution in [0, 0.1) is 5.82 Å². The van der Waals surface area contributed by atoms with Crippen LogP contribution in [0.2, 0.25) is 4.34 Å². The smallest absolute Gasteiger partial charge is 0.123 e. The molecule has 1 aromatic carbocycles. The second kappa shape index (κ2) is 6.25. The Morgan fingerprint density at radius 3 is 2.80 bits per heavy atom. The Hall–Kier alpha value is -0.900. The van der Waals surface area contributed by atoms with Crippen molar-refractivity contribution < 1.29 is 4.39 Å². The van der Waals surface area contributed by atoms with Crippen molar-refractivity contribution in [2.45, 2.75) is 31.2 Å². The van der Waals surface area contributed by atoms with Crippen molar-refractivity contribution in [2.24, 2.45) is 0 Å². The maximum absolute atomic E-state index is 13.2. The van der Waals surface area contributed by atoms with Crippen LogP contribution in [0.1, 0.15) is 29.2 Å². The Kier molecular flexibility index (Phi) is 4.39. The third kappa shape index (κ3) is 3.40. The summed E-state index contributed by atoms with van der Waals surface area (Å²) in [5.74, 6) is 0.382. The van der Waals surface area contributed by atoms with Gasteiger partial charge in [0.25, 0.3) is 0 Å². The summed E-state index contributed by atoms with van der Waals surface area (Å²) in [6.45, 7) is 0.984. The van der Waals surface area contributed by atoms with Gasteiger partial charge in [-0.3, -0.25) is 0 Å². The fraction of sp³-hybridized carbons (Fsp3) is 0.375. The summed E-state index contributed by atoms with van der Waals surface area (Å²) in [6.07, 6.45) is 3.24. The molecule has 0 unspecified atom stereocenters. The molecular weight excluding hydrogens is 293 g/mol. The van der Waals surface area contributed by atoms with Crippen molar-refractivity contribution >= 4 is 22.9 Å². The highest BCUT2D eigenvalue weighted by Crippen LogP contribution is 2.37.